The van der Waals surface area contributed by atoms with Crippen LogP contribution in [0.3, 0.4) is 0 Å². The summed E-state index contributed by atoms with van der Waals surface area (Å²) in [6.45, 7) is 13.6. The summed E-state index contributed by atoms with van der Waals surface area (Å²) in [5, 5.41) is 0. The van der Waals surface area contributed by atoms with Gasteiger partial charge >= 0.3 is 0 Å². The Kier molecular flexibility index (Phi) is 4.93. The molecule has 0 saturated heterocycles. The Morgan fingerprint density at radius 1 is 0.484 bits per heavy atom. The van der Waals surface area contributed by atoms with Crippen molar-refractivity contribution in [1.82, 2.24) is 0 Å². The fourth-order valence-corrected chi connectivity index (χ4v) is 7.92. The molecule has 0 atom stereocenters. The summed E-state index contributed by atoms with van der Waals surface area (Å²) in [5.74, 6) is 0. The molecule has 0 nitrogen and oxygen atoms in total. The number of thiophene rings is 3. The van der Waals surface area contributed by atoms with E-state index in [1.807, 2.05) is 34.0 Å². The molecule has 0 radical (unpaired) electrons. The Labute approximate surface area is 197 Å². The van der Waals surface area contributed by atoms with E-state index in [0.717, 1.165) is 0 Å². The molecule has 0 aliphatic heterocycles. The maximum absolute atomic E-state index is 2.38. The third-order valence-electron chi connectivity index (χ3n) is 5.89. The number of rotatable bonds is 2. The first-order valence-electron chi connectivity index (χ1n) is 10.8. The molecule has 5 aromatic rings. The van der Waals surface area contributed by atoms with Crippen molar-refractivity contribution >= 4 is 52.8 Å². The first-order chi connectivity index (χ1) is 14.6. The van der Waals surface area contributed by atoms with E-state index in [2.05, 4.69) is 102 Å². The summed E-state index contributed by atoms with van der Waals surface area (Å²) >= 11 is 5.80. The molecule has 158 valence electrons. The standard InChI is InChI=1S/C28H28S3/c1-27(2,3)19-11-7-17(8-12-19)21-15-23-25(30-21)26-24(29-23)16-22(31-26)18-9-13-20(14-10-18)28(4,5)6/h7-16H,1-6H3. The molecule has 0 unspecified atom stereocenters. The minimum absolute atomic E-state index is 0.193. The van der Waals surface area contributed by atoms with E-state index in [1.54, 1.807) is 0 Å². The molecule has 0 amide bonds. The smallest absolute Gasteiger partial charge is 0.0636 e. The van der Waals surface area contributed by atoms with Gasteiger partial charge in [0.15, 0.2) is 0 Å². The van der Waals surface area contributed by atoms with Gasteiger partial charge in [0, 0.05) is 19.2 Å². The number of benzene rings is 2. The lowest BCUT2D eigenvalue weighted by molar-refractivity contribution is 0.590. The summed E-state index contributed by atoms with van der Waals surface area (Å²) in [6, 6.07) is 23.0. The monoisotopic (exact) mass is 460 g/mol. The Morgan fingerprint density at radius 3 is 1.16 bits per heavy atom. The van der Waals surface area contributed by atoms with E-state index >= 15 is 0 Å². The molecular formula is C28H28S3. The molecule has 2 aromatic carbocycles. The zero-order valence-electron chi connectivity index (χ0n) is 19.0. The fourth-order valence-electron chi connectivity index (χ4n) is 3.89. The molecule has 0 saturated carbocycles. The van der Waals surface area contributed by atoms with E-state index in [-0.39, 0.29) is 10.8 Å². The quantitative estimate of drug-likeness (QED) is 0.246. The lowest BCUT2D eigenvalue weighted by atomic mass is 9.86. The molecular weight excluding hydrogens is 433 g/mol. The summed E-state index contributed by atoms with van der Waals surface area (Å²) in [5.41, 5.74) is 5.81. The Morgan fingerprint density at radius 2 is 0.839 bits per heavy atom. The highest BCUT2D eigenvalue weighted by molar-refractivity contribution is 7.40. The summed E-state index contributed by atoms with van der Waals surface area (Å²) in [6.07, 6.45) is 0. The van der Waals surface area contributed by atoms with Crippen LogP contribution in [0.5, 0.6) is 0 Å². The minimum Gasteiger partial charge on any atom is -0.133 e. The maximum atomic E-state index is 2.38. The van der Waals surface area contributed by atoms with Gasteiger partial charge in [-0.15, -0.1) is 34.0 Å². The predicted molar refractivity (Wildman–Crippen MR) is 143 cm³/mol. The molecule has 0 spiro atoms. The molecule has 3 heteroatoms. The third kappa shape index (κ3) is 3.88. The number of hydrogen-bond acceptors (Lipinski definition) is 3. The van der Waals surface area contributed by atoms with Gasteiger partial charge in [-0.1, -0.05) is 90.1 Å². The first-order valence-corrected chi connectivity index (χ1v) is 13.2. The van der Waals surface area contributed by atoms with Crippen molar-refractivity contribution in [3.63, 3.8) is 0 Å². The van der Waals surface area contributed by atoms with Crippen molar-refractivity contribution in [3.05, 3.63) is 71.8 Å². The van der Waals surface area contributed by atoms with E-state index in [4.69, 9.17) is 0 Å². The Bertz CT molecular complexity index is 1250. The van der Waals surface area contributed by atoms with Crippen molar-refractivity contribution in [2.24, 2.45) is 0 Å². The average molecular weight is 461 g/mol. The molecule has 5 rings (SSSR count). The van der Waals surface area contributed by atoms with Crippen molar-refractivity contribution in [2.45, 2.75) is 52.4 Å². The van der Waals surface area contributed by atoms with Crippen molar-refractivity contribution in [3.8, 4) is 20.9 Å². The lowest BCUT2D eigenvalue weighted by Crippen LogP contribution is -2.10. The zero-order chi connectivity index (χ0) is 22.0. The van der Waals surface area contributed by atoms with Gasteiger partial charge in [-0.25, -0.2) is 0 Å². The fraction of sp³-hybridized carbons (Fsp3) is 0.286. The number of fused-ring (bicyclic) bond motifs is 3. The second-order valence-corrected chi connectivity index (χ2v) is 13.6. The van der Waals surface area contributed by atoms with Crippen molar-refractivity contribution in [2.75, 3.05) is 0 Å². The second-order valence-electron chi connectivity index (χ2n) is 10.4. The third-order valence-corrected chi connectivity index (χ3v) is 9.77. The van der Waals surface area contributed by atoms with Gasteiger partial charge in [0.05, 0.1) is 9.40 Å². The van der Waals surface area contributed by atoms with Gasteiger partial charge in [0.1, 0.15) is 0 Å². The molecule has 3 aromatic heterocycles. The van der Waals surface area contributed by atoms with E-state index in [0.29, 0.717) is 0 Å². The van der Waals surface area contributed by atoms with Crippen molar-refractivity contribution < 1.29 is 0 Å². The molecule has 0 fully saturated rings. The topological polar surface area (TPSA) is 0 Å². The van der Waals surface area contributed by atoms with Gasteiger partial charge < -0.3 is 0 Å². The molecule has 0 aliphatic rings. The van der Waals surface area contributed by atoms with E-state index in [1.165, 1.54) is 50.8 Å². The van der Waals surface area contributed by atoms with Crippen LogP contribution in [0.1, 0.15) is 52.7 Å². The van der Waals surface area contributed by atoms with Crippen LogP contribution in [0.15, 0.2) is 60.7 Å². The lowest BCUT2D eigenvalue weighted by Gasteiger charge is -2.19. The van der Waals surface area contributed by atoms with Gasteiger partial charge in [-0.3, -0.25) is 0 Å². The maximum Gasteiger partial charge on any atom is 0.0636 e. The Balaban J connectivity index is 1.50. The highest BCUT2D eigenvalue weighted by Gasteiger charge is 2.17. The average Bonchev–Trinajstić information content (AvgIpc) is 3.37. The van der Waals surface area contributed by atoms with Crippen LogP contribution < -0.4 is 0 Å². The highest BCUT2D eigenvalue weighted by Crippen LogP contribution is 2.48. The van der Waals surface area contributed by atoms with Crippen LogP contribution in [0.25, 0.3) is 39.7 Å². The highest BCUT2D eigenvalue weighted by atomic mass is 32.1. The largest absolute Gasteiger partial charge is 0.133 e. The molecule has 0 bridgehead atoms. The van der Waals surface area contributed by atoms with Gasteiger partial charge in [0.25, 0.3) is 0 Å². The van der Waals surface area contributed by atoms with Crippen LogP contribution in [0.4, 0.5) is 0 Å². The number of hydrogen-bond donors (Lipinski definition) is 0. The molecule has 31 heavy (non-hydrogen) atoms. The summed E-state index contributed by atoms with van der Waals surface area (Å²) in [7, 11) is 0. The summed E-state index contributed by atoms with van der Waals surface area (Å²) < 4.78 is 5.71. The predicted octanol–water partition coefficient (Wildman–Crippen LogP) is 10.1. The normalized spacial score (nSPS) is 12.8. The summed E-state index contributed by atoms with van der Waals surface area (Å²) in [4.78, 5) is 2.74. The van der Waals surface area contributed by atoms with Gasteiger partial charge in [-0.2, -0.15) is 0 Å². The van der Waals surface area contributed by atoms with Crippen LogP contribution >= 0.6 is 34.0 Å². The first kappa shape index (κ1) is 20.9. The second kappa shape index (κ2) is 7.30. The van der Waals surface area contributed by atoms with Crippen LogP contribution in [-0.2, 0) is 10.8 Å². The van der Waals surface area contributed by atoms with Crippen LogP contribution in [0, 0.1) is 0 Å². The zero-order valence-corrected chi connectivity index (χ0v) is 21.4. The molecule has 3 heterocycles. The SMILES string of the molecule is CC(C)(C)c1ccc(-c2cc3sc4cc(-c5ccc(C(C)(C)C)cc5)sc4c3s2)cc1. The van der Waals surface area contributed by atoms with E-state index in [9.17, 15) is 0 Å². The van der Waals surface area contributed by atoms with E-state index < -0.39 is 0 Å². The van der Waals surface area contributed by atoms with Crippen LogP contribution in [-0.4, -0.2) is 0 Å². The minimum atomic E-state index is 0.193. The molecule has 0 N–H and O–H groups in total. The van der Waals surface area contributed by atoms with Gasteiger partial charge in [-0.05, 0) is 45.2 Å². The molecule has 0 aliphatic carbocycles. The Hall–Kier alpha value is -1.94. The van der Waals surface area contributed by atoms with Crippen LogP contribution in [0.2, 0.25) is 0 Å². The van der Waals surface area contributed by atoms with Crippen molar-refractivity contribution in [1.29, 1.82) is 0 Å². The van der Waals surface area contributed by atoms with Gasteiger partial charge in [0.2, 0.25) is 0 Å².